The summed E-state index contributed by atoms with van der Waals surface area (Å²) < 4.78 is 29.3. The van der Waals surface area contributed by atoms with E-state index in [9.17, 15) is 9.50 Å². The summed E-state index contributed by atoms with van der Waals surface area (Å²) in [5.74, 6) is 0.0942. The summed E-state index contributed by atoms with van der Waals surface area (Å²) in [6.45, 7) is 4.09. The number of hydrogen-bond donors (Lipinski definition) is 2. The molecule has 2 fully saturated rings. The second kappa shape index (κ2) is 8.67. The summed E-state index contributed by atoms with van der Waals surface area (Å²) in [4.78, 5) is 10.0. The number of aromatic hydroxyl groups is 1. The van der Waals surface area contributed by atoms with E-state index < -0.39 is 17.7 Å². The van der Waals surface area contributed by atoms with Gasteiger partial charge in [0.1, 0.15) is 11.9 Å². The van der Waals surface area contributed by atoms with Gasteiger partial charge in [-0.25, -0.2) is 14.4 Å². The van der Waals surface area contributed by atoms with E-state index in [1.807, 2.05) is 25.1 Å². The number of anilines is 1. The number of nitrogens with zero attached hydrogens (tertiary/aromatic N) is 5. The van der Waals surface area contributed by atoms with Crippen molar-refractivity contribution in [1.29, 1.82) is 0 Å². The van der Waals surface area contributed by atoms with Crippen molar-refractivity contribution >= 4 is 17.6 Å². The highest BCUT2D eigenvalue weighted by atomic mass is 32.2. The molecule has 3 aromatic rings. The van der Waals surface area contributed by atoms with Crippen LogP contribution in [-0.2, 0) is 0 Å². The number of hydrogen-bond acceptors (Lipinski definition) is 8. The van der Waals surface area contributed by atoms with Crippen molar-refractivity contribution in [1.82, 2.24) is 25.5 Å². The first-order valence-electron chi connectivity index (χ1n) is 11.5. The zero-order valence-corrected chi connectivity index (χ0v) is 20.9. The van der Waals surface area contributed by atoms with Crippen molar-refractivity contribution in [3.63, 3.8) is 0 Å². The normalized spacial score (nSPS) is 27.7. The fourth-order valence-electron chi connectivity index (χ4n) is 5.40. The Bertz CT molecular complexity index is 1260. The van der Waals surface area contributed by atoms with Gasteiger partial charge in [-0.1, -0.05) is 6.07 Å². The molecule has 0 radical (unpaired) electrons. The minimum atomic E-state index is -1.05. The molecule has 2 bridgehead atoms. The van der Waals surface area contributed by atoms with Gasteiger partial charge in [-0.15, -0.1) is 22.0 Å². The molecule has 2 N–H and O–H groups in total. The number of phenolic OH excluding ortho intramolecular Hbond substituents is 1. The molecule has 2 aliphatic heterocycles. The zero-order chi connectivity index (χ0) is 25.0. The Labute approximate surface area is 207 Å². The number of rotatable bonds is 5. The molecule has 0 aliphatic carbocycles. The lowest BCUT2D eigenvalue weighted by Crippen LogP contribution is -2.65. The van der Waals surface area contributed by atoms with Gasteiger partial charge in [-0.3, -0.25) is 0 Å². The summed E-state index contributed by atoms with van der Waals surface area (Å²) in [5.41, 5.74) is 1.01. The van der Waals surface area contributed by atoms with E-state index in [1.54, 1.807) is 24.4 Å². The third-order valence-electron chi connectivity index (χ3n) is 7.35. The molecular formula is C25H28F2N6OS. The highest BCUT2D eigenvalue weighted by Gasteiger charge is 2.56. The predicted molar refractivity (Wildman–Crippen MR) is 133 cm³/mol. The second-order valence-electron chi connectivity index (χ2n) is 9.98. The first-order chi connectivity index (χ1) is 16.6. The molecule has 1 aromatic carbocycles. The lowest BCUT2D eigenvalue weighted by molar-refractivity contribution is 0.0859. The SMILES string of the molecule is CSc1cc(-c2ccc(-c3ncc(N(C)[C@@H]4C[C@@]5(C)CC[C@](C)(N5)[C@@H]4F)nn3)c(O)c2)cc(F)n1. The first kappa shape index (κ1) is 23.9. The molecule has 184 valence electrons. The van der Waals surface area contributed by atoms with Crippen molar-refractivity contribution in [3.8, 4) is 28.3 Å². The van der Waals surface area contributed by atoms with E-state index in [1.165, 1.54) is 23.9 Å². The van der Waals surface area contributed by atoms with Crippen molar-refractivity contribution in [2.75, 3.05) is 18.2 Å². The lowest BCUT2D eigenvalue weighted by atomic mass is 9.82. The van der Waals surface area contributed by atoms with Gasteiger partial charge in [0, 0.05) is 24.2 Å². The Balaban J connectivity index is 1.38. The van der Waals surface area contributed by atoms with Gasteiger partial charge >= 0.3 is 0 Å². The van der Waals surface area contributed by atoms with E-state index >= 15 is 4.39 Å². The van der Waals surface area contributed by atoms with Crippen LogP contribution in [0.15, 0.2) is 41.6 Å². The van der Waals surface area contributed by atoms with E-state index in [2.05, 4.69) is 32.4 Å². The maximum Gasteiger partial charge on any atom is 0.214 e. The number of alkyl halides is 1. The Morgan fingerprint density at radius 1 is 1.14 bits per heavy atom. The lowest BCUT2D eigenvalue weighted by Gasteiger charge is -2.47. The zero-order valence-electron chi connectivity index (χ0n) is 20.1. The van der Waals surface area contributed by atoms with Gasteiger partial charge in [0.25, 0.3) is 0 Å². The number of aromatic nitrogens is 4. The molecule has 2 aromatic heterocycles. The van der Waals surface area contributed by atoms with Gasteiger partial charge in [0.15, 0.2) is 11.6 Å². The number of piperidine rings is 1. The molecule has 0 unspecified atom stereocenters. The van der Waals surface area contributed by atoms with E-state index in [0.717, 1.165) is 12.8 Å². The summed E-state index contributed by atoms with van der Waals surface area (Å²) in [5, 5.41) is 23.2. The molecule has 2 aliphatic rings. The van der Waals surface area contributed by atoms with Crippen LogP contribution >= 0.6 is 11.8 Å². The topological polar surface area (TPSA) is 87.1 Å². The van der Waals surface area contributed by atoms with Crippen LogP contribution in [0, 0.1) is 5.95 Å². The van der Waals surface area contributed by atoms with Crippen LogP contribution in [0.3, 0.4) is 0 Å². The van der Waals surface area contributed by atoms with Crippen LogP contribution in [0.25, 0.3) is 22.5 Å². The average Bonchev–Trinajstić information content (AvgIpc) is 3.12. The Kier molecular flexibility index (Phi) is 5.91. The minimum Gasteiger partial charge on any atom is -0.507 e. The van der Waals surface area contributed by atoms with E-state index in [0.29, 0.717) is 34.0 Å². The van der Waals surface area contributed by atoms with Gasteiger partial charge in [-0.05, 0) is 68.7 Å². The van der Waals surface area contributed by atoms with Crippen LogP contribution in [0.5, 0.6) is 5.75 Å². The minimum absolute atomic E-state index is 0.0482. The summed E-state index contributed by atoms with van der Waals surface area (Å²) in [7, 11) is 1.82. The van der Waals surface area contributed by atoms with Crippen LogP contribution in [0.1, 0.15) is 33.1 Å². The van der Waals surface area contributed by atoms with Crippen LogP contribution in [0.4, 0.5) is 14.6 Å². The van der Waals surface area contributed by atoms with Crippen LogP contribution < -0.4 is 10.2 Å². The van der Waals surface area contributed by atoms with Gasteiger partial charge in [0.2, 0.25) is 5.95 Å². The molecular weight excluding hydrogens is 470 g/mol. The number of thioether (sulfide) groups is 1. The Morgan fingerprint density at radius 2 is 1.94 bits per heavy atom. The van der Waals surface area contributed by atoms with Crippen molar-refractivity contribution in [2.45, 2.75) is 61.4 Å². The number of pyridine rings is 1. The standard InChI is InChI=1S/C25H28F2N6OS/c1-24-7-8-25(2,32-24)22(27)17(12-24)33(3)20-13-28-23(31-30-20)16-6-5-14(9-18(16)34)15-10-19(26)29-21(11-15)35-4/h5-6,9-11,13,17,22,32,34H,7-8,12H2,1-4H3/t17-,22-,24-,25+/m1/s1. The first-order valence-corrected chi connectivity index (χ1v) is 12.7. The maximum absolute atomic E-state index is 15.4. The van der Waals surface area contributed by atoms with E-state index in [-0.39, 0.29) is 23.2 Å². The summed E-state index contributed by atoms with van der Waals surface area (Å²) >= 11 is 1.34. The quantitative estimate of drug-likeness (QED) is 0.390. The molecule has 35 heavy (non-hydrogen) atoms. The molecule has 10 heteroatoms. The maximum atomic E-state index is 15.4. The molecule has 4 atom stereocenters. The molecule has 0 amide bonds. The molecule has 0 spiro atoms. The number of nitrogens with one attached hydrogen (secondary N) is 1. The number of fused-ring (bicyclic) bond motifs is 2. The Hall–Kier alpha value is -2.85. The Morgan fingerprint density at radius 3 is 2.63 bits per heavy atom. The third-order valence-corrected chi connectivity index (χ3v) is 7.98. The monoisotopic (exact) mass is 498 g/mol. The van der Waals surface area contributed by atoms with Crippen LogP contribution in [0.2, 0.25) is 0 Å². The van der Waals surface area contributed by atoms with Crippen molar-refractivity contribution in [2.24, 2.45) is 0 Å². The fourth-order valence-corrected chi connectivity index (χ4v) is 5.82. The average molecular weight is 499 g/mol. The molecule has 2 saturated heterocycles. The molecule has 5 rings (SSSR count). The van der Waals surface area contributed by atoms with Crippen molar-refractivity contribution < 1.29 is 13.9 Å². The smallest absolute Gasteiger partial charge is 0.214 e. The van der Waals surface area contributed by atoms with Crippen molar-refractivity contribution in [3.05, 3.63) is 42.5 Å². The third kappa shape index (κ3) is 4.33. The summed E-state index contributed by atoms with van der Waals surface area (Å²) in [6, 6.07) is 7.72. The van der Waals surface area contributed by atoms with Gasteiger partial charge in [0.05, 0.1) is 22.8 Å². The van der Waals surface area contributed by atoms with E-state index in [4.69, 9.17) is 0 Å². The highest BCUT2D eigenvalue weighted by Crippen LogP contribution is 2.45. The highest BCUT2D eigenvalue weighted by molar-refractivity contribution is 7.98. The fraction of sp³-hybridized carbons (Fsp3) is 0.440. The number of benzene rings is 1. The molecule has 0 saturated carbocycles. The molecule has 7 nitrogen and oxygen atoms in total. The predicted octanol–water partition coefficient (Wildman–Crippen LogP) is 4.61. The second-order valence-corrected chi connectivity index (χ2v) is 10.8. The number of phenols is 1. The van der Waals surface area contributed by atoms with Gasteiger partial charge in [-0.2, -0.15) is 4.39 Å². The van der Waals surface area contributed by atoms with Crippen LogP contribution in [-0.4, -0.2) is 61.9 Å². The van der Waals surface area contributed by atoms with Gasteiger partial charge < -0.3 is 15.3 Å². The molecule has 4 heterocycles. The number of halogens is 2. The largest absolute Gasteiger partial charge is 0.507 e. The summed E-state index contributed by atoms with van der Waals surface area (Å²) in [6.07, 6.45) is 4.74.